The van der Waals surface area contributed by atoms with Gasteiger partial charge in [0, 0.05) is 23.8 Å². The van der Waals surface area contributed by atoms with Crippen molar-refractivity contribution in [1.29, 1.82) is 0 Å². The lowest BCUT2D eigenvalue weighted by molar-refractivity contribution is -0.120. The summed E-state index contributed by atoms with van der Waals surface area (Å²) in [6.07, 6.45) is 2.85. The molecule has 2 N–H and O–H groups in total. The largest absolute Gasteiger partial charge is 0.376 e. The van der Waals surface area contributed by atoms with Crippen molar-refractivity contribution in [3.05, 3.63) is 58.6 Å². The Balaban J connectivity index is 1.64. The Hall–Kier alpha value is -2.09. The highest BCUT2D eigenvalue weighted by Gasteiger charge is 2.26. The number of sulfonamides is 1. The number of anilines is 1. The molecule has 30 heavy (non-hydrogen) atoms. The Morgan fingerprint density at radius 3 is 2.43 bits per heavy atom. The predicted molar refractivity (Wildman–Crippen MR) is 120 cm³/mol. The number of hydrogen-bond acceptors (Lipinski definition) is 4. The van der Waals surface area contributed by atoms with E-state index in [9.17, 15) is 13.2 Å². The number of hydrogen-bond donors (Lipinski definition) is 2. The molecule has 0 aliphatic carbocycles. The molecular weight excluding hydrogens is 422 g/mol. The number of amides is 1. The zero-order chi connectivity index (χ0) is 21.7. The molecule has 8 heteroatoms. The summed E-state index contributed by atoms with van der Waals surface area (Å²) in [4.78, 5) is 12.6. The number of nitrogens with zero attached hydrogens (tertiary/aromatic N) is 1. The van der Waals surface area contributed by atoms with Crippen molar-refractivity contribution in [3.63, 3.8) is 0 Å². The summed E-state index contributed by atoms with van der Waals surface area (Å²) in [6.45, 7) is 4.95. The number of nitrogens with one attached hydrogen (secondary N) is 2. The first-order valence-corrected chi connectivity index (χ1v) is 12.0. The Bertz CT molecular complexity index is 987. The van der Waals surface area contributed by atoms with Crippen LogP contribution >= 0.6 is 11.6 Å². The summed E-state index contributed by atoms with van der Waals surface area (Å²) < 4.78 is 27.4. The second-order valence-corrected chi connectivity index (χ2v) is 10.0. The van der Waals surface area contributed by atoms with Crippen LogP contribution in [-0.2, 0) is 14.8 Å². The van der Waals surface area contributed by atoms with E-state index < -0.39 is 10.0 Å². The topological polar surface area (TPSA) is 78.5 Å². The molecular formula is C22H28ClN3O3S. The molecule has 1 saturated heterocycles. The zero-order valence-electron chi connectivity index (χ0n) is 17.3. The Morgan fingerprint density at radius 2 is 1.77 bits per heavy atom. The number of aryl methyl sites for hydroxylation is 1. The average Bonchev–Trinajstić information content (AvgIpc) is 2.74. The van der Waals surface area contributed by atoms with Gasteiger partial charge in [-0.2, -0.15) is 4.31 Å². The van der Waals surface area contributed by atoms with E-state index in [1.807, 2.05) is 26.0 Å². The van der Waals surface area contributed by atoms with Crippen molar-refractivity contribution < 1.29 is 13.2 Å². The fraction of sp³-hybridized carbons (Fsp3) is 0.409. The van der Waals surface area contributed by atoms with E-state index in [1.165, 1.54) is 0 Å². The molecule has 6 nitrogen and oxygen atoms in total. The molecule has 0 bridgehead atoms. The van der Waals surface area contributed by atoms with Gasteiger partial charge in [-0.1, -0.05) is 36.2 Å². The lowest BCUT2D eigenvalue weighted by Gasteiger charge is -2.26. The average molecular weight is 450 g/mol. The summed E-state index contributed by atoms with van der Waals surface area (Å²) in [5.74, 6) is -0.179. The molecule has 0 radical (unpaired) electrons. The standard InChI is InChI=1S/C22H28ClN3O3S/c1-16-6-11-20(30(28,29)26-12-4-3-5-13-26)14-21(16)24-15-22(27)25-17(2)18-7-9-19(23)10-8-18/h6-11,14,17,24H,3-5,12-13,15H2,1-2H3,(H,25,27). The van der Waals surface area contributed by atoms with Gasteiger partial charge in [-0.15, -0.1) is 0 Å². The van der Waals surface area contributed by atoms with Crippen molar-refractivity contribution in [1.82, 2.24) is 9.62 Å². The van der Waals surface area contributed by atoms with E-state index in [0.717, 1.165) is 30.4 Å². The van der Waals surface area contributed by atoms with Gasteiger partial charge >= 0.3 is 0 Å². The van der Waals surface area contributed by atoms with Crippen LogP contribution in [0.15, 0.2) is 47.4 Å². The molecule has 1 atom stereocenters. The molecule has 2 aromatic carbocycles. The molecule has 3 rings (SSSR count). The second kappa shape index (κ2) is 9.81. The van der Waals surface area contributed by atoms with Gasteiger partial charge in [-0.25, -0.2) is 8.42 Å². The first-order valence-electron chi connectivity index (χ1n) is 10.2. The summed E-state index contributed by atoms with van der Waals surface area (Å²) in [6, 6.07) is 12.2. The maximum absolute atomic E-state index is 12.9. The van der Waals surface area contributed by atoms with Gasteiger partial charge in [0.15, 0.2) is 0 Å². The Morgan fingerprint density at radius 1 is 1.10 bits per heavy atom. The minimum absolute atomic E-state index is 0.0476. The van der Waals surface area contributed by atoms with E-state index in [2.05, 4.69) is 10.6 Å². The fourth-order valence-corrected chi connectivity index (χ4v) is 5.18. The molecule has 1 amide bonds. The van der Waals surface area contributed by atoms with Crippen LogP contribution in [0, 0.1) is 6.92 Å². The third-order valence-corrected chi connectivity index (χ3v) is 7.50. The molecule has 1 heterocycles. The van der Waals surface area contributed by atoms with E-state index in [1.54, 1.807) is 34.6 Å². The maximum Gasteiger partial charge on any atom is 0.243 e. The molecule has 0 spiro atoms. The molecule has 1 aliphatic heterocycles. The van der Waals surface area contributed by atoms with Gasteiger partial charge in [0.05, 0.1) is 17.5 Å². The molecule has 0 aromatic heterocycles. The van der Waals surface area contributed by atoms with Crippen LogP contribution in [0.1, 0.15) is 43.4 Å². The number of halogens is 1. The fourth-order valence-electron chi connectivity index (χ4n) is 3.51. The predicted octanol–water partition coefficient (Wildman–Crippen LogP) is 4.11. The molecule has 1 unspecified atom stereocenters. The molecule has 0 saturated carbocycles. The third-order valence-electron chi connectivity index (χ3n) is 5.35. The number of piperidine rings is 1. The second-order valence-electron chi connectivity index (χ2n) is 7.64. The van der Waals surface area contributed by atoms with Crippen LogP contribution in [-0.4, -0.2) is 38.3 Å². The van der Waals surface area contributed by atoms with Crippen LogP contribution in [0.5, 0.6) is 0 Å². The van der Waals surface area contributed by atoms with Crippen LogP contribution in [0.3, 0.4) is 0 Å². The van der Waals surface area contributed by atoms with Crippen LogP contribution in [0.2, 0.25) is 5.02 Å². The van der Waals surface area contributed by atoms with Crippen molar-refractivity contribution in [3.8, 4) is 0 Å². The smallest absolute Gasteiger partial charge is 0.243 e. The summed E-state index contributed by atoms with van der Waals surface area (Å²) >= 11 is 5.91. The zero-order valence-corrected chi connectivity index (χ0v) is 18.9. The van der Waals surface area contributed by atoms with E-state index in [-0.39, 0.29) is 23.4 Å². The van der Waals surface area contributed by atoms with Gasteiger partial charge in [0.25, 0.3) is 0 Å². The molecule has 2 aromatic rings. The number of carbonyl (C=O) groups is 1. The SMILES string of the molecule is Cc1ccc(S(=O)(=O)N2CCCCC2)cc1NCC(=O)NC(C)c1ccc(Cl)cc1. The highest BCUT2D eigenvalue weighted by atomic mass is 35.5. The van der Waals surface area contributed by atoms with Crippen molar-refractivity contribution >= 4 is 33.2 Å². The summed E-state index contributed by atoms with van der Waals surface area (Å²) in [5.41, 5.74) is 2.48. The third kappa shape index (κ3) is 5.53. The molecule has 162 valence electrons. The molecule has 1 aliphatic rings. The first-order chi connectivity index (χ1) is 14.3. The summed E-state index contributed by atoms with van der Waals surface area (Å²) in [7, 11) is -3.52. The lowest BCUT2D eigenvalue weighted by atomic mass is 10.1. The van der Waals surface area contributed by atoms with Crippen LogP contribution in [0.4, 0.5) is 5.69 Å². The highest BCUT2D eigenvalue weighted by molar-refractivity contribution is 7.89. The van der Waals surface area contributed by atoms with Crippen LogP contribution < -0.4 is 10.6 Å². The van der Waals surface area contributed by atoms with Gasteiger partial charge < -0.3 is 10.6 Å². The lowest BCUT2D eigenvalue weighted by Crippen LogP contribution is -2.35. The van der Waals surface area contributed by atoms with Gasteiger partial charge in [-0.3, -0.25) is 4.79 Å². The normalized spacial score (nSPS) is 16.1. The number of carbonyl (C=O) groups excluding carboxylic acids is 1. The quantitative estimate of drug-likeness (QED) is 0.666. The highest BCUT2D eigenvalue weighted by Crippen LogP contribution is 2.25. The van der Waals surface area contributed by atoms with Crippen molar-refractivity contribution in [2.45, 2.75) is 44.0 Å². The minimum Gasteiger partial charge on any atom is -0.376 e. The Labute approximate surface area is 183 Å². The Kier molecular flexibility index (Phi) is 7.39. The van der Waals surface area contributed by atoms with Crippen molar-refractivity contribution in [2.75, 3.05) is 25.0 Å². The van der Waals surface area contributed by atoms with E-state index >= 15 is 0 Å². The molecule has 1 fully saturated rings. The van der Waals surface area contributed by atoms with Gasteiger partial charge in [0.1, 0.15) is 0 Å². The monoisotopic (exact) mass is 449 g/mol. The minimum atomic E-state index is -3.52. The van der Waals surface area contributed by atoms with E-state index in [0.29, 0.717) is 23.8 Å². The maximum atomic E-state index is 12.9. The van der Waals surface area contributed by atoms with E-state index in [4.69, 9.17) is 11.6 Å². The number of benzene rings is 2. The number of rotatable bonds is 7. The van der Waals surface area contributed by atoms with Gasteiger partial charge in [-0.05, 0) is 62.1 Å². The van der Waals surface area contributed by atoms with Crippen molar-refractivity contribution in [2.24, 2.45) is 0 Å². The van der Waals surface area contributed by atoms with Crippen LogP contribution in [0.25, 0.3) is 0 Å². The first kappa shape index (κ1) is 22.6. The van der Waals surface area contributed by atoms with Gasteiger partial charge in [0.2, 0.25) is 15.9 Å². The summed E-state index contributed by atoms with van der Waals surface area (Å²) in [5, 5.41) is 6.66.